The van der Waals surface area contributed by atoms with E-state index < -0.39 is 0 Å². The molecule has 3 N–H and O–H groups in total. The van der Waals surface area contributed by atoms with Crippen molar-refractivity contribution in [3.05, 3.63) is 30.1 Å². The summed E-state index contributed by atoms with van der Waals surface area (Å²) in [5, 5.41) is 3.09. The minimum absolute atomic E-state index is 0.0951. The SMILES string of the molecule is COc1ccccc1Nc1nc(N)nc(CSCC(=O)N2CCOCC2)n1. The van der Waals surface area contributed by atoms with E-state index in [9.17, 15) is 4.79 Å². The van der Waals surface area contributed by atoms with Crippen LogP contribution < -0.4 is 15.8 Å². The van der Waals surface area contributed by atoms with Crippen LogP contribution in [0.5, 0.6) is 5.75 Å². The molecule has 0 atom stereocenters. The number of methoxy groups -OCH3 is 1. The summed E-state index contributed by atoms with van der Waals surface area (Å²) in [7, 11) is 1.59. The van der Waals surface area contributed by atoms with Gasteiger partial charge in [0.25, 0.3) is 0 Å². The predicted octanol–water partition coefficient (Wildman–Crippen LogP) is 1.30. The lowest BCUT2D eigenvalue weighted by atomic mass is 10.3. The van der Waals surface area contributed by atoms with Gasteiger partial charge in [-0.05, 0) is 12.1 Å². The molecule has 0 unspecified atom stereocenters. The second-order valence-electron chi connectivity index (χ2n) is 5.74. The monoisotopic (exact) mass is 390 g/mol. The Bertz CT molecular complexity index is 785. The van der Waals surface area contributed by atoms with Gasteiger partial charge in [0.15, 0.2) is 0 Å². The fraction of sp³-hybridized carbons (Fsp3) is 0.412. The zero-order valence-electron chi connectivity index (χ0n) is 15.1. The average Bonchev–Trinajstić information content (AvgIpc) is 2.68. The molecule has 0 saturated carbocycles. The molecular weight excluding hydrogens is 368 g/mol. The van der Waals surface area contributed by atoms with Crippen LogP contribution in [0.2, 0.25) is 0 Å². The molecule has 0 aliphatic carbocycles. The highest BCUT2D eigenvalue weighted by molar-refractivity contribution is 7.99. The fourth-order valence-electron chi connectivity index (χ4n) is 2.56. The van der Waals surface area contributed by atoms with Crippen molar-refractivity contribution in [2.75, 3.05) is 50.2 Å². The number of nitrogens with one attached hydrogen (secondary N) is 1. The minimum Gasteiger partial charge on any atom is -0.495 e. The largest absolute Gasteiger partial charge is 0.495 e. The van der Waals surface area contributed by atoms with E-state index in [1.807, 2.05) is 29.2 Å². The van der Waals surface area contributed by atoms with E-state index in [-0.39, 0.29) is 11.9 Å². The number of carbonyl (C=O) groups is 1. The smallest absolute Gasteiger partial charge is 0.232 e. The summed E-state index contributed by atoms with van der Waals surface area (Å²) in [5.41, 5.74) is 6.53. The van der Waals surface area contributed by atoms with Gasteiger partial charge in [0.2, 0.25) is 17.8 Å². The van der Waals surface area contributed by atoms with Gasteiger partial charge in [-0.15, -0.1) is 11.8 Å². The van der Waals surface area contributed by atoms with Crippen LogP contribution in [0.3, 0.4) is 0 Å². The number of hydrogen-bond acceptors (Lipinski definition) is 9. The van der Waals surface area contributed by atoms with Crippen LogP contribution in [-0.4, -0.2) is 64.9 Å². The van der Waals surface area contributed by atoms with E-state index in [0.717, 1.165) is 5.69 Å². The van der Waals surface area contributed by atoms with Crippen LogP contribution in [0.15, 0.2) is 24.3 Å². The normalized spacial score (nSPS) is 14.0. The maximum absolute atomic E-state index is 12.2. The van der Waals surface area contributed by atoms with Crippen molar-refractivity contribution >= 4 is 35.3 Å². The fourth-order valence-corrected chi connectivity index (χ4v) is 3.33. The van der Waals surface area contributed by atoms with Gasteiger partial charge >= 0.3 is 0 Å². The molecule has 1 fully saturated rings. The molecule has 0 radical (unpaired) electrons. The van der Waals surface area contributed by atoms with E-state index in [0.29, 0.717) is 55.3 Å². The number of nitrogens with zero attached hydrogens (tertiary/aromatic N) is 4. The summed E-state index contributed by atoms with van der Waals surface area (Å²) in [6.45, 7) is 2.48. The van der Waals surface area contributed by atoms with Gasteiger partial charge in [-0.3, -0.25) is 4.79 Å². The molecule has 2 heterocycles. The Kier molecular flexibility index (Phi) is 6.66. The molecule has 1 aliphatic rings. The summed E-state index contributed by atoms with van der Waals surface area (Å²) >= 11 is 1.45. The average molecular weight is 390 g/mol. The molecule has 1 aromatic carbocycles. The van der Waals surface area contributed by atoms with Gasteiger partial charge in [-0.25, -0.2) is 0 Å². The zero-order valence-corrected chi connectivity index (χ0v) is 15.9. The molecule has 1 aromatic heterocycles. The minimum atomic E-state index is 0.0951. The lowest BCUT2D eigenvalue weighted by molar-refractivity contribution is -0.132. The standard InChI is InChI=1S/C17H22N6O3S/c1-25-13-5-3-2-4-12(13)19-17-21-14(20-16(18)22-17)10-27-11-15(24)23-6-8-26-9-7-23/h2-5H,6-11H2,1H3,(H3,18,19,20,21,22). The Hall–Kier alpha value is -2.59. The lowest BCUT2D eigenvalue weighted by Crippen LogP contribution is -2.41. The Labute approximate surface area is 161 Å². The van der Waals surface area contributed by atoms with E-state index in [1.165, 1.54) is 11.8 Å². The molecule has 10 heteroatoms. The molecule has 2 aromatic rings. The van der Waals surface area contributed by atoms with E-state index in [1.54, 1.807) is 7.11 Å². The topological polar surface area (TPSA) is 115 Å². The quantitative estimate of drug-likeness (QED) is 0.721. The third-order valence-corrected chi connectivity index (χ3v) is 4.79. The first-order valence-electron chi connectivity index (χ1n) is 8.49. The van der Waals surface area contributed by atoms with Crippen LogP contribution in [0.1, 0.15) is 5.82 Å². The Morgan fingerprint density at radius 1 is 1.30 bits per heavy atom. The van der Waals surface area contributed by atoms with Crippen molar-refractivity contribution in [3.63, 3.8) is 0 Å². The summed E-state index contributed by atoms with van der Waals surface area (Å²) in [4.78, 5) is 26.6. The van der Waals surface area contributed by atoms with Crippen LogP contribution in [-0.2, 0) is 15.3 Å². The van der Waals surface area contributed by atoms with E-state index >= 15 is 0 Å². The second kappa shape index (κ2) is 9.38. The molecule has 144 valence electrons. The first kappa shape index (κ1) is 19.2. The van der Waals surface area contributed by atoms with Gasteiger partial charge in [0.1, 0.15) is 11.6 Å². The van der Waals surface area contributed by atoms with Crippen LogP contribution in [0.25, 0.3) is 0 Å². The molecule has 1 amide bonds. The molecule has 9 nitrogen and oxygen atoms in total. The third kappa shape index (κ3) is 5.44. The predicted molar refractivity (Wildman–Crippen MR) is 104 cm³/mol. The highest BCUT2D eigenvalue weighted by Gasteiger charge is 2.17. The number of anilines is 3. The zero-order chi connectivity index (χ0) is 19.1. The van der Waals surface area contributed by atoms with Gasteiger partial charge in [0.05, 0.1) is 37.5 Å². The second-order valence-corrected chi connectivity index (χ2v) is 6.73. The molecule has 0 bridgehead atoms. The maximum Gasteiger partial charge on any atom is 0.232 e. The Morgan fingerprint density at radius 2 is 2.07 bits per heavy atom. The molecule has 0 spiro atoms. The number of benzene rings is 1. The van der Waals surface area contributed by atoms with Crippen molar-refractivity contribution in [2.24, 2.45) is 0 Å². The van der Waals surface area contributed by atoms with Crippen LogP contribution in [0, 0.1) is 0 Å². The number of ether oxygens (including phenoxy) is 2. The van der Waals surface area contributed by atoms with Crippen molar-refractivity contribution in [2.45, 2.75) is 5.75 Å². The van der Waals surface area contributed by atoms with Gasteiger partial charge < -0.3 is 25.4 Å². The third-order valence-electron chi connectivity index (χ3n) is 3.87. The molecule has 3 rings (SSSR count). The number of thioether (sulfide) groups is 1. The first-order chi connectivity index (χ1) is 13.2. The summed E-state index contributed by atoms with van der Waals surface area (Å²) < 4.78 is 10.6. The number of amides is 1. The van der Waals surface area contributed by atoms with Gasteiger partial charge in [-0.1, -0.05) is 12.1 Å². The summed E-state index contributed by atoms with van der Waals surface area (Å²) in [5.74, 6) is 2.56. The number of carbonyl (C=O) groups excluding carboxylic acids is 1. The molecule has 1 aliphatic heterocycles. The van der Waals surface area contributed by atoms with Gasteiger partial charge in [0, 0.05) is 13.1 Å². The van der Waals surface area contributed by atoms with E-state index in [4.69, 9.17) is 15.2 Å². The summed E-state index contributed by atoms with van der Waals surface area (Å²) in [6.07, 6.45) is 0. The highest BCUT2D eigenvalue weighted by atomic mass is 32.2. The number of morpholine rings is 1. The number of aromatic nitrogens is 3. The number of rotatable bonds is 7. The Balaban J connectivity index is 1.59. The van der Waals surface area contributed by atoms with Gasteiger partial charge in [-0.2, -0.15) is 15.0 Å². The first-order valence-corrected chi connectivity index (χ1v) is 9.65. The number of hydrogen-bond donors (Lipinski definition) is 2. The maximum atomic E-state index is 12.2. The highest BCUT2D eigenvalue weighted by Crippen LogP contribution is 2.25. The van der Waals surface area contributed by atoms with Crippen molar-refractivity contribution in [1.29, 1.82) is 0 Å². The van der Waals surface area contributed by atoms with Crippen molar-refractivity contribution < 1.29 is 14.3 Å². The Morgan fingerprint density at radius 3 is 2.85 bits per heavy atom. The lowest BCUT2D eigenvalue weighted by Gasteiger charge is -2.26. The van der Waals surface area contributed by atoms with E-state index in [2.05, 4.69) is 20.3 Å². The van der Waals surface area contributed by atoms with Crippen LogP contribution in [0.4, 0.5) is 17.6 Å². The van der Waals surface area contributed by atoms with Crippen molar-refractivity contribution in [1.82, 2.24) is 19.9 Å². The van der Waals surface area contributed by atoms with Crippen molar-refractivity contribution in [3.8, 4) is 5.75 Å². The van der Waals surface area contributed by atoms with Crippen LogP contribution >= 0.6 is 11.8 Å². The molecule has 27 heavy (non-hydrogen) atoms. The number of nitrogens with two attached hydrogens (primary N) is 1. The summed E-state index contributed by atoms with van der Waals surface area (Å²) in [6, 6.07) is 7.44. The molecular formula is C17H22N6O3S. The number of nitrogen functional groups attached to an aromatic ring is 1. The molecule has 1 saturated heterocycles. The number of para-hydroxylation sites is 2.